The third kappa shape index (κ3) is 0.818. The number of rotatable bonds is 2. The van der Waals surface area contributed by atoms with Gasteiger partial charge in [-0.1, -0.05) is 0 Å². The molecule has 60 valence electrons. The van der Waals surface area contributed by atoms with Crippen molar-refractivity contribution >= 4 is 11.9 Å². The van der Waals surface area contributed by atoms with Crippen molar-refractivity contribution in [1.82, 2.24) is 4.90 Å². The molecule has 1 N–H and O–H groups in total. The molecule has 3 fully saturated rings. The summed E-state index contributed by atoms with van der Waals surface area (Å²) in [5, 5.41) is 8.43. The number of hydrogen-bond donors (Lipinski definition) is 1. The topological polar surface area (TPSA) is 57.6 Å². The molecule has 0 aromatic heterocycles. The molecule has 2 heterocycles. The highest BCUT2D eigenvalue weighted by molar-refractivity contribution is 5.87. The lowest BCUT2D eigenvalue weighted by molar-refractivity contribution is -0.142. The molecule has 4 nitrogen and oxygen atoms in total. The highest BCUT2D eigenvalue weighted by atomic mass is 16.4. The van der Waals surface area contributed by atoms with E-state index in [4.69, 9.17) is 5.11 Å². The Morgan fingerprint density at radius 3 is 2.64 bits per heavy atom. The molecule has 0 aromatic carbocycles. The third-order valence-electron chi connectivity index (χ3n) is 2.49. The van der Waals surface area contributed by atoms with Crippen LogP contribution in [0.2, 0.25) is 0 Å². The van der Waals surface area contributed by atoms with Crippen LogP contribution in [0, 0.1) is 5.92 Å². The summed E-state index contributed by atoms with van der Waals surface area (Å²) in [6, 6.07) is 0.239. The number of carboxylic acids is 1. The molecule has 0 unspecified atom stereocenters. The van der Waals surface area contributed by atoms with E-state index in [9.17, 15) is 9.59 Å². The first-order valence-electron chi connectivity index (χ1n) is 3.71. The van der Waals surface area contributed by atoms with Gasteiger partial charge in [-0.15, -0.1) is 0 Å². The lowest BCUT2D eigenvalue weighted by Crippen LogP contribution is -2.34. The normalized spacial score (nSPS) is 33.8. The molecule has 1 aliphatic carbocycles. The van der Waals surface area contributed by atoms with Crippen LogP contribution in [0.25, 0.3) is 0 Å². The second-order valence-corrected chi connectivity index (χ2v) is 3.18. The zero-order valence-electron chi connectivity index (χ0n) is 5.99. The second kappa shape index (κ2) is 1.96. The van der Waals surface area contributed by atoms with Gasteiger partial charge in [0.25, 0.3) is 0 Å². The molecule has 4 heteroatoms. The Bertz CT molecular complexity index is 220. The fraction of sp³-hybridized carbons (Fsp3) is 0.714. The van der Waals surface area contributed by atoms with Gasteiger partial charge in [-0.3, -0.25) is 9.59 Å². The van der Waals surface area contributed by atoms with Gasteiger partial charge in [0, 0.05) is 12.0 Å². The van der Waals surface area contributed by atoms with Crippen molar-refractivity contribution in [3.05, 3.63) is 0 Å². The van der Waals surface area contributed by atoms with Gasteiger partial charge in [0.1, 0.15) is 6.54 Å². The number of carbonyl (C=O) groups is 2. The quantitative estimate of drug-likeness (QED) is 0.595. The van der Waals surface area contributed by atoms with E-state index in [0.29, 0.717) is 0 Å². The number of amides is 1. The van der Waals surface area contributed by atoms with Crippen LogP contribution in [0.4, 0.5) is 0 Å². The van der Waals surface area contributed by atoms with Crippen LogP contribution in [-0.4, -0.2) is 34.5 Å². The van der Waals surface area contributed by atoms with E-state index in [0.717, 1.165) is 12.8 Å². The van der Waals surface area contributed by atoms with Gasteiger partial charge in [0.05, 0.1) is 0 Å². The highest BCUT2D eigenvalue weighted by Gasteiger charge is 2.49. The lowest BCUT2D eigenvalue weighted by Gasteiger charge is -2.23. The molecule has 11 heavy (non-hydrogen) atoms. The lowest BCUT2D eigenvalue weighted by atomic mass is 9.86. The van der Waals surface area contributed by atoms with Crippen molar-refractivity contribution in [2.75, 3.05) is 6.54 Å². The third-order valence-corrected chi connectivity index (χ3v) is 2.49. The summed E-state index contributed by atoms with van der Waals surface area (Å²) in [5.74, 6) is -0.720. The fourth-order valence-electron chi connectivity index (χ4n) is 1.81. The standard InChI is InChI=1S/C7H9NO3/c9-6(10)3-8-5-1-4(2-5)7(8)11/h4-5H,1-3H2,(H,9,10). The second-order valence-electron chi connectivity index (χ2n) is 3.18. The number of aliphatic carboxylic acids is 1. The molecule has 1 amide bonds. The van der Waals surface area contributed by atoms with Crippen LogP contribution >= 0.6 is 0 Å². The number of carbonyl (C=O) groups excluding carboxylic acids is 1. The van der Waals surface area contributed by atoms with Crippen molar-refractivity contribution in [3.8, 4) is 0 Å². The summed E-state index contributed by atoms with van der Waals surface area (Å²) in [4.78, 5) is 22.9. The Morgan fingerprint density at radius 1 is 1.64 bits per heavy atom. The summed E-state index contributed by atoms with van der Waals surface area (Å²) >= 11 is 0. The van der Waals surface area contributed by atoms with Crippen molar-refractivity contribution in [3.63, 3.8) is 0 Å². The minimum Gasteiger partial charge on any atom is -0.480 e. The van der Waals surface area contributed by atoms with E-state index in [-0.39, 0.29) is 24.4 Å². The SMILES string of the molecule is O=C(O)CN1C(=O)C2CC1C2. The molecular formula is C7H9NO3. The molecule has 0 radical (unpaired) electrons. The Labute approximate surface area is 63.8 Å². The predicted octanol–water partition coefficient (Wildman–Crippen LogP) is -0.308. The van der Waals surface area contributed by atoms with Crippen LogP contribution in [-0.2, 0) is 9.59 Å². The number of hydrogen-bond acceptors (Lipinski definition) is 2. The fourth-order valence-corrected chi connectivity index (χ4v) is 1.81. The Hall–Kier alpha value is -1.06. The van der Waals surface area contributed by atoms with E-state index in [1.807, 2.05) is 0 Å². The van der Waals surface area contributed by atoms with Crippen molar-refractivity contribution < 1.29 is 14.7 Å². The summed E-state index contributed by atoms with van der Waals surface area (Å²) in [7, 11) is 0. The molecular weight excluding hydrogens is 146 g/mol. The first-order chi connectivity index (χ1) is 5.18. The summed E-state index contributed by atoms with van der Waals surface area (Å²) in [6.07, 6.45) is 1.76. The number of carboxylic acid groups (broad SMARTS) is 1. The molecule has 0 aromatic rings. The van der Waals surface area contributed by atoms with Gasteiger partial charge in [0.2, 0.25) is 5.91 Å². The van der Waals surface area contributed by atoms with Gasteiger partial charge in [-0.05, 0) is 12.8 Å². The largest absolute Gasteiger partial charge is 0.480 e. The first-order valence-corrected chi connectivity index (χ1v) is 3.71. The average Bonchev–Trinajstić information content (AvgIpc) is 2.16. The molecule has 0 atom stereocenters. The molecule has 0 spiro atoms. The van der Waals surface area contributed by atoms with E-state index >= 15 is 0 Å². The van der Waals surface area contributed by atoms with Gasteiger partial charge in [-0.2, -0.15) is 0 Å². The van der Waals surface area contributed by atoms with Crippen molar-refractivity contribution in [1.29, 1.82) is 0 Å². The van der Waals surface area contributed by atoms with E-state index in [2.05, 4.69) is 0 Å². The Morgan fingerprint density at radius 2 is 2.27 bits per heavy atom. The van der Waals surface area contributed by atoms with Crippen LogP contribution in [0.5, 0.6) is 0 Å². The van der Waals surface area contributed by atoms with E-state index in [1.54, 1.807) is 0 Å². The molecule has 3 rings (SSSR count). The summed E-state index contributed by atoms with van der Waals surface area (Å²) in [5.41, 5.74) is 0. The zero-order chi connectivity index (χ0) is 8.01. The molecule has 2 bridgehead atoms. The predicted molar refractivity (Wildman–Crippen MR) is 35.9 cm³/mol. The summed E-state index contributed by atoms with van der Waals surface area (Å²) < 4.78 is 0. The van der Waals surface area contributed by atoms with Gasteiger partial charge < -0.3 is 10.0 Å². The van der Waals surface area contributed by atoms with Gasteiger partial charge in [0.15, 0.2) is 0 Å². The maximum absolute atomic E-state index is 11.1. The molecule has 1 saturated carbocycles. The summed E-state index contributed by atoms with van der Waals surface area (Å²) in [6.45, 7) is -0.111. The van der Waals surface area contributed by atoms with Crippen LogP contribution in [0.3, 0.4) is 0 Å². The van der Waals surface area contributed by atoms with Crippen LogP contribution < -0.4 is 0 Å². The van der Waals surface area contributed by atoms with Crippen LogP contribution in [0.1, 0.15) is 12.8 Å². The number of nitrogens with zero attached hydrogens (tertiary/aromatic N) is 1. The molecule has 2 saturated heterocycles. The Balaban J connectivity index is 2.04. The van der Waals surface area contributed by atoms with Gasteiger partial charge >= 0.3 is 5.97 Å². The van der Waals surface area contributed by atoms with Gasteiger partial charge in [-0.25, -0.2) is 0 Å². The highest BCUT2D eigenvalue weighted by Crippen LogP contribution is 2.41. The maximum Gasteiger partial charge on any atom is 0.323 e. The van der Waals surface area contributed by atoms with E-state index in [1.165, 1.54) is 4.90 Å². The molecule has 3 aliphatic rings. The monoisotopic (exact) mass is 155 g/mol. The maximum atomic E-state index is 11.1. The average molecular weight is 155 g/mol. The minimum atomic E-state index is -0.911. The van der Waals surface area contributed by atoms with E-state index < -0.39 is 5.97 Å². The zero-order valence-corrected chi connectivity index (χ0v) is 5.99. The minimum absolute atomic E-state index is 0.0393. The Kier molecular flexibility index (Phi) is 1.19. The molecule has 2 aliphatic heterocycles. The first kappa shape index (κ1) is 6.64. The van der Waals surface area contributed by atoms with Crippen molar-refractivity contribution in [2.45, 2.75) is 18.9 Å². The van der Waals surface area contributed by atoms with Crippen LogP contribution in [0.15, 0.2) is 0 Å². The number of fused-ring (bicyclic) bond motifs is 1. The smallest absolute Gasteiger partial charge is 0.323 e. The van der Waals surface area contributed by atoms with Crippen molar-refractivity contribution in [2.24, 2.45) is 5.92 Å².